The van der Waals surface area contributed by atoms with Crippen LogP contribution in [0.1, 0.15) is 277 Å². The van der Waals surface area contributed by atoms with Crippen LogP contribution in [0.25, 0.3) is 162 Å². The first-order valence-corrected chi connectivity index (χ1v) is 57.6. The van der Waals surface area contributed by atoms with E-state index in [9.17, 15) is 0 Å². The summed E-state index contributed by atoms with van der Waals surface area (Å²) in [7, 11) is 0. The Hall–Kier alpha value is -8.16. The zero-order valence-corrected chi connectivity index (χ0v) is 86.4. The molecule has 0 N–H and O–H groups in total. The zero-order chi connectivity index (χ0) is 89.8. The molecule has 0 saturated heterocycles. The highest BCUT2D eigenvalue weighted by Gasteiger charge is 2.20. The fourth-order valence-corrected chi connectivity index (χ4v) is 31.3. The van der Waals surface area contributed by atoms with Gasteiger partial charge in [0.15, 0.2) is 0 Å². The third-order valence-corrected chi connectivity index (χ3v) is 38.1. The molecule has 0 radical (unpaired) electrons. The van der Waals surface area contributed by atoms with Crippen molar-refractivity contribution in [2.24, 2.45) is 0 Å². The lowest BCUT2D eigenvalue weighted by molar-refractivity contribution is 0.575. The van der Waals surface area contributed by atoms with Crippen LogP contribution in [-0.2, 0) is 25.7 Å². The van der Waals surface area contributed by atoms with E-state index in [1.807, 2.05) is 102 Å². The van der Waals surface area contributed by atoms with Crippen molar-refractivity contribution in [1.29, 1.82) is 0 Å². The van der Waals surface area contributed by atoms with Crippen molar-refractivity contribution < 1.29 is 0 Å². The van der Waals surface area contributed by atoms with E-state index in [1.54, 1.807) is 0 Å². The predicted molar refractivity (Wildman–Crippen MR) is 603 cm³/mol. The first kappa shape index (κ1) is 94.6. The van der Waals surface area contributed by atoms with Crippen molar-refractivity contribution in [3.63, 3.8) is 0 Å². The molecule has 0 saturated carbocycles. The fourth-order valence-electron chi connectivity index (χ4n) is 19.4. The predicted octanol–water partition coefficient (Wildman–Crippen LogP) is 43.8. The van der Waals surface area contributed by atoms with Gasteiger partial charge in [0.2, 0.25) is 0 Å². The standard InChI is InChI=1S/3C31H34S2.C29H32S3/c1-3-4-5-6-7-8-9-10-14-23-16-18-26-28(20-23)32-31-27-19-17-24(21-29(27)33-30(26)31)25-15-12-11-13-22(25)2;1-3-4-5-6-7-8-9-10-13-23-15-17-26-28(20-23)32-31-27-18-16-25(21-29(27)33-30(26)31)24-14-11-12-22(2)19-24;1-3-4-5-6-7-8-9-10-11-23-14-18-26-28(20-23)32-31-27-19-17-25(21-29(27)33-30(26)31)24-15-12-22(2)13-16-24;1-3-4-5-6-7-8-9-10-11-21-13-15-23-26(18-21)31-29-24-16-14-22(19-27(24)32-28(23)29)25-17-12-20(2)30-25/h11-13,15-21H,3-10,14H2,1-2H3;11-12,14-21H,3-10,13H2,1-2H3;12-21H,3-11H2,1-2H3;12-19H,3-11H2,1-2H3. The van der Waals surface area contributed by atoms with Crippen molar-refractivity contribution in [2.75, 3.05) is 0 Å². The van der Waals surface area contributed by atoms with Crippen LogP contribution in [0.15, 0.2) is 231 Å². The first-order chi connectivity index (χ1) is 64.4. The first-order valence-electron chi connectivity index (χ1n) is 50.2. The molecule has 9 heterocycles. The Bertz CT molecular complexity index is 7120. The Morgan fingerprint density at radius 1 is 0.183 bits per heavy atom. The molecule has 0 bridgehead atoms. The summed E-state index contributed by atoms with van der Waals surface area (Å²) in [6, 6.07) is 87.8. The number of rotatable bonds is 40. The van der Waals surface area contributed by atoms with Crippen LogP contribution >= 0.6 is 102 Å². The van der Waals surface area contributed by atoms with Crippen molar-refractivity contribution in [1.82, 2.24) is 0 Å². The maximum absolute atomic E-state index is 2.46. The van der Waals surface area contributed by atoms with E-state index in [4.69, 9.17) is 0 Å². The molecule has 0 aliphatic heterocycles. The number of fused-ring (bicyclic) bond motifs is 20. The Balaban J connectivity index is 0.000000122. The van der Waals surface area contributed by atoms with Crippen LogP contribution in [0.2, 0.25) is 0 Å². The Morgan fingerprint density at radius 3 is 0.786 bits per heavy atom. The molecule has 11 aromatic carbocycles. The van der Waals surface area contributed by atoms with E-state index in [0.29, 0.717) is 0 Å². The number of thiophene rings is 9. The van der Waals surface area contributed by atoms with Gasteiger partial charge in [0.25, 0.3) is 0 Å². The molecule has 9 aromatic heterocycles. The molecule has 0 atom stereocenters. The Morgan fingerprint density at radius 2 is 0.458 bits per heavy atom. The highest BCUT2D eigenvalue weighted by atomic mass is 32.1. The van der Waals surface area contributed by atoms with Crippen LogP contribution in [0.5, 0.6) is 0 Å². The van der Waals surface area contributed by atoms with Gasteiger partial charge in [-0.25, -0.2) is 0 Å². The summed E-state index contributed by atoms with van der Waals surface area (Å²) in [5, 5.41) is 11.4. The highest BCUT2D eigenvalue weighted by molar-refractivity contribution is 7.38. The highest BCUT2D eigenvalue weighted by Crippen LogP contribution is 2.51. The molecule has 0 nitrogen and oxygen atoms in total. The van der Waals surface area contributed by atoms with Gasteiger partial charge in [0.05, 0.1) is 37.6 Å². The monoisotopic (exact) mass is 1890 g/mol. The smallest absolute Gasteiger partial charge is 0.0542 e. The van der Waals surface area contributed by atoms with Gasteiger partial charge in [-0.3, -0.25) is 0 Å². The van der Waals surface area contributed by atoms with Crippen LogP contribution < -0.4 is 0 Å². The lowest BCUT2D eigenvalue weighted by atomic mass is 10.0. The van der Waals surface area contributed by atoms with Gasteiger partial charge in [0, 0.05) is 90.4 Å². The molecular weight excluding hydrogens is 1750 g/mol. The summed E-state index contributed by atoms with van der Waals surface area (Å²) in [6.07, 6.45) is 49.3. The van der Waals surface area contributed by atoms with E-state index >= 15 is 0 Å². The van der Waals surface area contributed by atoms with Gasteiger partial charge in [-0.1, -0.05) is 388 Å². The summed E-state index contributed by atoms with van der Waals surface area (Å²) >= 11 is 17.7. The molecule has 9 heteroatoms. The molecule has 131 heavy (non-hydrogen) atoms. The summed E-state index contributed by atoms with van der Waals surface area (Å²) < 4.78 is 23.2. The molecule has 0 amide bonds. The van der Waals surface area contributed by atoms with E-state index in [0.717, 1.165) is 0 Å². The third-order valence-electron chi connectivity index (χ3n) is 27.1. The number of unbranched alkanes of at least 4 members (excludes halogenated alkanes) is 28. The lowest BCUT2D eigenvalue weighted by Crippen LogP contribution is -1.86. The zero-order valence-electron chi connectivity index (χ0n) is 79.1. The Labute approximate surface area is 817 Å². The summed E-state index contributed by atoms with van der Waals surface area (Å²) in [5.41, 5.74) is 19.2. The normalized spacial score (nSPS) is 11.8. The van der Waals surface area contributed by atoms with E-state index in [1.165, 1.54) is 437 Å². The number of hydrogen-bond acceptors (Lipinski definition) is 9. The van der Waals surface area contributed by atoms with Crippen LogP contribution in [-0.4, -0.2) is 0 Å². The quantitative estimate of drug-likeness (QED) is 0.0336. The molecule has 0 unspecified atom stereocenters. The van der Waals surface area contributed by atoms with E-state index < -0.39 is 0 Å². The maximum Gasteiger partial charge on any atom is 0.0542 e. The minimum atomic E-state index is 1.22. The van der Waals surface area contributed by atoms with Crippen molar-refractivity contribution >= 4 is 220 Å². The molecule has 20 rings (SSSR count). The van der Waals surface area contributed by atoms with Crippen molar-refractivity contribution in [2.45, 2.75) is 287 Å². The lowest BCUT2D eigenvalue weighted by Gasteiger charge is -2.05. The molecule has 0 fully saturated rings. The van der Waals surface area contributed by atoms with Gasteiger partial charge in [-0.2, -0.15) is 0 Å². The summed E-state index contributed by atoms with van der Waals surface area (Å²) in [4.78, 5) is 2.75. The summed E-state index contributed by atoms with van der Waals surface area (Å²) in [6.45, 7) is 17.9. The van der Waals surface area contributed by atoms with Crippen LogP contribution in [0, 0.1) is 27.7 Å². The van der Waals surface area contributed by atoms with Gasteiger partial charge >= 0.3 is 0 Å². The SMILES string of the molecule is CCCCCCCCCCc1ccc2c(c1)sc1c3ccc(-c4ccc(C)cc4)cc3sc21.CCCCCCCCCCc1ccc2c(c1)sc1c3ccc(-c4ccc(C)s4)cc3sc21.CCCCCCCCCCc1ccc2c(c1)sc1c3ccc(-c4cccc(C)c4)cc3sc21.CCCCCCCCCCc1ccc2c(c1)sc1c3ccc(-c4ccccc4C)cc3sc21. The van der Waals surface area contributed by atoms with E-state index in [2.05, 4.69) is 286 Å². The number of hydrogen-bond donors (Lipinski definition) is 0. The largest absolute Gasteiger partial charge is 0.141 e. The minimum Gasteiger partial charge on any atom is -0.141 e. The number of benzene rings is 11. The van der Waals surface area contributed by atoms with Crippen LogP contribution in [0.3, 0.4) is 0 Å². The second-order valence-electron chi connectivity index (χ2n) is 37.5. The van der Waals surface area contributed by atoms with Gasteiger partial charge < -0.3 is 0 Å². The van der Waals surface area contributed by atoms with Gasteiger partial charge in [-0.05, 0) is 206 Å². The molecule has 676 valence electrons. The maximum atomic E-state index is 2.46. The fraction of sp³-hybridized carbons (Fsp3) is 0.361. The molecule has 20 aromatic rings. The van der Waals surface area contributed by atoms with Crippen molar-refractivity contribution in [3.8, 4) is 43.8 Å². The third kappa shape index (κ3) is 23.7. The average Bonchev–Trinajstić information content (AvgIpc) is 1.61. The van der Waals surface area contributed by atoms with Gasteiger partial charge in [-0.15, -0.1) is 102 Å². The Kier molecular flexibility index (Phi) is 33.8. The minimum absolute atomic E-state index is 1.22. The summed E-state index contributed by atoms with van der Waals surface area (Å²) in [5.74, 6) is 0. The number of aryl methyl sites for hydroxylation is 8. The van der Waals surface area contributed by atoms with Gasteiger partial charge in [0.1, 0.15) is 0 Å². The molecule has 0 aliphatic rings. The molecule has 0 spiro atoms. The molecule has 0 aliphatic carbocycles. The average molecular weight is 1890 g/mol. The second kappa shape index (κ2) is 46.9. The van der Waals surface area contributed by atoms with Crippen LogP contribution in [0.4, 0.5) is 0 Å². The second-order valence-corrected chi connectivity index (χ2v) is 47.2. The topological polar surface area (TPSA) is 0 Å². The van der Waals surface area contributed by atoms with Crippen molar-refractivity contribution in [3.05, 3.63) is 274 Å². The molecular formula is C122H134S9. The van der Waals surface area contributed by atoms with E-state index in [-0.39, 0.29) is 0 Å².